The number of ether oxygens (including phenoxy) is 1. The minimum atomic E-state index is -0.519. The van der Waals surface area contributed by atoms with E-state index in [9.17, 15) is 4.79 Å². The molecule has 0 aliphatic rings. The smallest absolute Gasteiger partial charge is 0.411 e. The maximum atomic E-state index is 11.5. The van der Waals surface area contributed by atoms with Gasteiger partial charge < -0.3 is 4.74 Å². The van der Waals surface area contributed by atoms with Crippen molar-refractivity contribution in [2.75, 3.05) is 5.32 Å². The molecule has 0 atom stereocenters. The lowest BCUT2D eigenvalue weighted by atomic mass is 10.3. The second kappa shape index (κ2) is 6.02. The fourth-order valence-corrected chi connectivity index (χ4v) is 1.54. The highest BCUT2D eigenvalue weighted by molar-refractivity contribution is 6.30. The summed E-state index contributed by atoms with van der Waals surface area (Å²) in [4.78, 5) is 15.4. The number of rotatable bonds is 3. The number of hydrogen-bond acceptors (Lipinski definition) is 3. The highest BCUT2D eigenvalue weighted by Gasteiger charge is 2.03. The number of anilines is 1. The summed E-state index contributed by atoms with van der Waals surface area (Å²) in [6, 6.07) is 10.4. The van der Waals surface area contributed by atoms with Crippen molar-refractivity contribution in [3.63, 3.8) is 0 Å². The second-order valence-electron chi connectivity index (χ2n) is 3.57. The van der Waals surface area contributed by atoms with E-state index in [4.69, 9.17) is 16.3 Å². The number of carbonyl (C=O) groups excluding carboxylic acids is 1. The fourth-order valence-electron chi connectivity index (χ4n) is 1.35. The molecular formula is C13H11ClN2O2. The molecule has 1 aromatic carbocycles. The molecule has 5 heteroatoms. The van der Waals surface area contributed by atoms with E-state index in [2.05, 4.69) is 10.3 Å². The first-order valence-corrected chi connectivity index (χ1v) is 5.70. The molecular weight excluding hydrogens is 252 g/mol. The van der Waals surface area contributed by atoms with E-state index < -0.39 is 6.09 Å². The normalized spacial score (nSPS) is 9.83. The molecule has 0 aliphatic carbocycles. The van der Waals surface area contributed by atoms with Crippen LogP contribution >= 0.6 is 11.6 Å². The topological polar surface area (TPSA) is 51.2 Å². The Kier molecular flexibility index (Phi) is 4.15. The Morgan fingerprint density at radius 3 is 2.78 bits per heavy atom. The van der Waals surface area contributed by atoms with Gasteiger partial charge in [-0.05, 0) is 35.9 Å². The number of pyridine rings is 1. The van der Waals surface area contributed by atoms with Crippen molar-refractivity contribution >= 4 is 23.4 Å². The number of amides is 1. The first-order chi connectivity index (χ1) is 8.74. The molecule has 1 N–H and O–H groups in total. The average Bonchev–Trinajstić information content (AvgIpc) is 2.38. The van der Waals surface area contributed by atoms with Crippen LogP contribution in [0.3, 0.4) is 0 Å². The largest absolute Gasteiger partial charge is 0.444 e. The Morgan fingerprint density at radius 2 is 2.06 bits per heavy atom. The summed E-state index contributed by atoms with van der Waals surface area (Å²) >= 11 is 5.80. The zero-order valence-electron chi connectivity index (χ0n) is 9.47. The van der Waals surface area contributed by atoms with E-state index in [1.54, 1.807) is 48.8 Å². The molecule has 92 valence electrons. The molecule has 0 bridgehead atoms. The zero-order chi connectivity index (χ0) is 12.8. The maximum absolute atomic E-state index is 11.5. The molecule has 1 aromatic heterocycles. The van der Waals surface area contributed by atoms with E-state index in [1.165, 1.54) is 0 Å². The molecule has 2 aromatic rings. The molecule has 4 nitrogen and oxygen atoms in total. The predicted octanol–water partition coefficient (Wildman–Crippen LogP) is 3.48. The van der Waals surface area contributed by atoms with Gasteiger partial charge in [-0.1, -0.05) is 17.7 Å². The van der Waals surface area contributed by atoms with Crippen LogP contribution in [-0.4, -0.2) is 11.1 Å². The number of halogens is 1. The summed E-state index contributed by atoms with van der Waals surface area (Å²) < 4.78 is 5.05. The van der Waals surface area contributed by atoms with Crippen molar-refractivity contribution in [3.8, 4) is 0 Å². The standard InChI is InChI=1S/C13H11ClN2O2/c14-11-2-1-3-12(8-11)16-13(17)18-9-10-4-6-15-7-5-10/h1-8H,9H2,(H,16,17). The van der Waals surface area contributed by atoms with Crippen LogP contribution in [0.5, 0.6) is 0 Å². The summed E-state index contributed by atoms with van der Waals surface area (Å²) in [6.45, 7) is 0.203. The number of nitrogens with zero attached hydrogens (tertiary/aromatic N) is 1. The number of benzene rings is 1. The Labute approximate surface area is 110 Å². The number of nitrogens with one attached hydrogen (secondary N) is 1. The first kappa shape index (κ1) is 12.4. The van der Waals surface area contributed by atoms with E-state index in [-0.39, 0.29) is 6.61 Å². The lowest BCUT2D eigenvalue weighted by Crippen LogP contribution is -2.13. The quantitative estimate of drug-likeness (QED) is 0.921. The van der Waals surface area contributed by atoms with E-state index in [1.807, 2.05) is 0 Å². The van der Waals surface area contributed by atoms with Gasteiger partial charge in [-0.3, -0.25) is 10.3 Å². The molecule has 0 spiro atoms. The van der Waals surface area contributed by atoms with Crippen molar-refractivity contribution < 1.29 is 9.53 Å². The molecule has 0 radical (unpaired) electrons. The van der Waals surface area contributed by atoms with Gasteiger partial charge in [0.15, 0.2) is 0 Å². The Balaban J connectivity index is 1.86. The van der Waals surface area contributed by atoms with Crippen molar-refractivity contribution in [3.05, 3.63) is 59.4 Å². The first-order valence-electron chi connectivity index (χ1n) is 5.32. The summed E-state index contributed by atoms with van der Waals surface area (Å²) in [7, 11) is 0. The molecule has 0 saturated heterocycles. The number of hydrogen-bond donors (Lipinski definition) is 1. The minimum Gasteiger partial charge on any atom is -0.444 e. The van der Waals surface area contributed by atoms with Crippen LogP contribution in [0.4, 0.5) is 10.5 Å². The number of carbonyl (C=O) groups is 1. The van der Waals surface area contributed by atoms with Crippen LogP contribution < -0.4 is 5.32 Å². The zero-order valence-corrected chi connectivity index (χ0v) is 10.2. The Morgan fingerprint density at radius 1 is 1.28 bits per heavy atom. The molecule has 1 heterocycles. The Bertz CT molecular complexity index is 532. The van der Waals surface area contributed by atoms with Gasteiger partial charge in [0.05, 0.1) is 0 Å². The van der Waals surface area contributed by atoms with Gasteiger partial charge in [0, 0.05) is 23.1 Å². The van der Waals surface area contributed by atoms with Crippen LogP contribution in [0, 0.1) is 0 Å². The summed E-state index contributed by atoms with van der Waals surface area (Å²) in [5.74, 6) is 0. The van der Waals surface area contributed by atoms with Gasteiger partial charge in [-0.2, -0.15) is 0 Å². The third-order valence-electron chi connectivity index (χ3n) is 2.19. The SMILES string of the molecule is O=C(Nc1cccc(Cl)c1)OCc1ccncc1. The van der Waals surface area contributed by atoms with Crippen molar-refractivity contribution in [2.45, 2.75) is 6.61 Å². The molecule has 0 aliphatic heterocycles. The summed E-state index contributed by atoms with van der Waals surface area (Å²) in [5, 5.41) is 3.15. The fraction of sp³-hybridized carbons (Fsp3) is 0.0769. The highest BCUT2D eigenvalue weighted by atomic mass is 35.5. The third-order valence-corrected chi connectivity index (χ3v) is 2.43. The van der Waals surface area contributed by atoms with Crippen molar-refractivity contribution in [2.24, 2.45) is 0 Å². The highest BCUT2D eigenvalue weighted by Crippen LogP contribution is 2.15. The van der Waals surface area contributed by atoms with Gasteiger partial charge in [-0.25, -0.2) is 4.79 Å². The molecule has 0 saturated carbocycles. The van der Waals surface area contributed by atoms with Gasteiger partial charge >= 0.3 is 6.09 Å². The maximum Gasteiger partial charge on any atom is 0.411 e. The third kappa shape index (κ3) is 3.75. The van der Waals surface area contributed by atoms with Crippen molar-refractivity contribution in [1.82, 2.24) is 4.98 Å². The van der Waals surface area contributed by atoms with Crippen LogP contribution in [0.2, 0.25) is 5.02 Å². The molecule has 18 heavy (non-hydrogen) atoms. The van der Waals surface area contributed by atoms with Crippen molar-refractivity contribution in [1.29, 1.82) is 0 Å². The van der Waals surface area contributed by atoms with Gasteiger partial charge in [0.1, 0.15) is 6.61 Å². The van der Waals surface area contributed by atoms with E-state index in [0.717, 1.165) is 5.56 Å². The summed E-state index contributed by atoms with van der Waals surface area (Å²) in [6.07, 6.45) is 2.77. The molecule has 1 amide bonds. The second-order valence-corrected chi connectivity index (χ2v) is 4.00. The Hall–Kier alpha value is -2.07. The van der Waals surface area contributed by atoms with Crippen LogP contribution in [0.15, 0.2) is 48.8 Å². The number of aromatic nitrogens is 1. The van der Waals surface area contributed by atoms with Crippen LogP contribution in [-0.2, 0) is 11.3 Å². The van der Waals surface area contributed by atoms with Gasteiger partial charge in [-0.15, -0.1) is 0 Å². The lowest BCUT2D eigenvalue weighted by molar-refractivity contribution is 0.155. The van der Waals surface area contributed by atoms with E-state index in [0.29, 0.717) is 10.7 Å². The molecule has 2 rings (SSSR count). The summed E-state index contributed by atoms with van der Waals surface area (Å²) in [5.41, 5.74) is 1.48. The molecule has 0 fully saturated rings. The predicted molar refractivity (Wildman–Crippen MR) is 69.5 cm³/mol. The molecule has 0 unspecified atom stereocenters. The van der Waals surface area contributed by atoms with Gasteiger partial charge in [0.2, 0.25) is 0 Å². The monoisotopic (exact) mass is 262 g/mol. The van der Waals surface area contributed by atoms with Gasteiger partial charge in [0.25, 0.3) is 0 Å². The lowest BCUT2D eigenvalue weighted by Gasteiger charge is -2.07. The van der Waals surface area contributed by atoms with E-state index >= 15 is 0 Å². The minimum absolute atomic E-state index is 0.203. The van der Waals surface area contributed by atoms with Crippen LogP contribution in [0.1, 0.15) is 5.56 Å². The van der Waals surface area contributed by atoms with Crippen LogP contribution in [0.25, 0.3) is 0 Å². The average molecular weight is 263 g/mol.